The highest BCUT2D eigenvalue weighted by Crippen LogP contribution is 2.34. The molecule has 0 aliphatic heterocycles. The molecule has 1 unspecified atom stereocenters. The first-order valence-corrected chi connectivity index (χ1v) is 5.74. The van der Waals surface area contributed by atoms with Crippen molar-refractivity contribution < 1.29 is 4.39 Å². The van der Waals surface area contributed by atoms with Gasteiger partial charge in [0.2, 0.25) is 0 Å². The van der Waals surface area contributed by atoms with E-state index in [9.17, 15) is 4.39 Å². The standard InChI is InChI=1S/C13H18FN/c14-13-7-2-1-4-11(13)8-12(9-15)10-5-3-6-10/h1-2,4,7,10,12H,3,5-6,8-9,15H2. The van der Waals surface area contributed by atoms with Crippen molar-refractivity contribution >= 4 is 0 Å². The molecule has 1 atom stereocenters. The molecule has 0 heterocycles. The molecule has 0 aromatic heterocycles. The highest BCUT2D eigenvalue weighted by molar-refractivity contribution is 5.18. The van der Waals surface area contributed by atoms with E-state index in [2.05, 4.69) is 0 Å². The molecule has 0 bridgehead atoms. The molecule has 1 aliphatic rings. The maximum absolute atomic E-state index is 13.4. The lowest BCUT2D eigenvalue weighted by molar-refractivity contribution is 0.208. The van der Waals surface area contributed by atoms with Crippen LogP contribution in [-0.2, 0) is 6.42 Å². The van der Waals surface area contributed by atoms with Crippen LogP contribution in [0.15, 0.2) is 24.3 Å². The van der Waals surface area contributed by atoms with Crippen LogP contribution in [0.4, 0.5) is 4.39 Å². The molecule has 82 valence electrons. The summed E-state index contributed by atoms with van der Waals surface area (Å²) in [4.78, 5) is 0. The highest BCUT2D eigenvalue weighted by atomic mass is 19.1. The Morgan fingerprint density at radius 1 is 1.33 bits per heavy atom. The van der Waals surface area contributed by atoms with Crippen LogP contribution in [0.5, 0.6) is 0 Å². The first-order valence-electron chi connectivity index (χ1n) is 5.74. The van der Waals surface area contributed by atoms with Gasteiger partial charge in [0, 0.05) is 0 Å². The third-order valence-electron chi connectivity index (χ3n) is 3.56. The van der Waals surface area contributed by atoms with Crippen LogP contribution in [-0.4, -0.2) is 6.54 Å². The Labute approximate surface area is 90.5 Å². The second kappa shape index (κ2) is 4.75. The fourth-order valence-corrected chi connectivity index (χ4v) is 2.30. The number of benzene rings is 1. The average molecular weight is 207 g/mol. The second-order valence-corrected chi connectivity index (χ2v) is 4.48. The lowest BCUT2D eigenvalue weighted by Gasteiger charge is -2.33. The van der Waals surface area contributed by atoms with E-state index in [4.69, 9.17) is 5.73 Å². The summed E-state index contributed by atoms with van der Waals surface area (Å²) in [7, 11) is 0. The molecule has 0 amide bonds. The minimum absolute atomic E-state index is 0.0877. The number of halogens is 1. The Morgan fingerprint density at radius 2 is 2.07 bits per heavy atom. The van der Waals surface area contributed by atoms with E-state index in [-0.39, 0.29) is 5.82 Å². The first kappa shape index (κ1) is 10.6. The van der Waals surface area contributed by atoms with Crippen molar-refractivity contribution in [2.75, 3.05) is 6.54 Å². The van der Waals surface area contributed by atoms with Crippen LogP contribution in [0.1, 0.15) is 24.8 Å². The van der Waals surface area contributed by atoms with Gasteiger partial charge in [-0.25, -0.2) is 4.39 Å². The van der Waals surface area contributed by atoms with Gasteiger partial charge in [0.1, 0.15) is 5.82 Å². The minimum Gasteiger partial charge on any atom is -0.330 e. The molecule has 2 heteroatoms. The topological polar surface area (TPSA) is 26.0 Å². The lowest BCUT2D eigenvalue weighted by Crippen LogP contribution is -2.30. The van der Waals surface area contributed by atoms with E-state index >= 15 is 0 Å². The van der Waals surface area contributed by atoms with E-state index in [1.54, 1.807) is 6.07 Å². The summed E-state index contributed by atoms with van der Waals surface area (Å²) in [6.45, 7) is 0.680. The van der Waals surface area contributed by atoms with Crippen LogP contribution in [0, 0.1) is 17.7 Å². The van der Waals surface area contributed by atoms with Crippen molar-refractivity contribution in [2.24, 2.45) is 17.6 Å². The van der Waals surface area contributed by atoms with Gasteiger partial charge in [-0.15, -0.1) is 0 Å². The van der Waals surface area contributed by atoms with Crippen LogP contribution < -0.4 is 5.73 Å². The Morgan fingerprint density at radius 3 is 2.60 bits per heavy atom. The Balaban J connectivity index is 2.02. The van der Waals surface area contributed by atoms with Crippen LogP contribution in [0.25, 0.3) is 0 Å². The molecular formula is C13H18FN. The maximum atomic E-state index is 13.4. The van der Waals surface area contributed by atoms with Crippen molar-refractivity contribution in [1.82, 2.24) is 0 Å². The second-order valence-electron chi connectivity index (χ2n) is 4.48. The van der Waals surface area contributed by atoms with E-state index in [0.717, 1.165) is 17.9 Å². The minimum atomic E-state index is -0.0877. The van der Waals surface area contributed by atoms with Crippen LogP contribution in [0.2, 0.25) is 0 Å². The summed E-state index contributed by atoms with van der Waals surface area (Å²) in [6.07, 6.45) is 4.67. The molecule has 15 heavy (non-hydrogen) atoms. The zero-order valence-electron chi connectivity index (χ0n) is 8.95. The molecule has 2 rings (SSSR count). The number of hydrogen-bond donors (Lipinski definition) is 1. The smallest absolute Gasteiger partial charge is 0.126 e. The first-order chi connectivity index (χ1) is 7.31. The summed E-state index contributed by atoms with van der Waals surface area (Å²) in [6, 6.07) is 7.03. The molecule has 0 radical (unpaired) electrons. The van der Waals surface area contributed by atoms with Crippen molar-refractivity contribution in [3.8, 4) is 0 Å². The molecule has 2 N–H and O–H groups in total. The van der Waals surface area contributed by atoms with E-state index in [0.29, 0.717) is 12.5 Å². The van der Waals surface area contributed by atoms with Gasteiger partial charge in [-0.1, -0.05) is 37.5 Å². The van der Waals surface area contributed by atoms with E-state index in [1.807, 2.05) is 12.1 Å². The number of nitrogens with two attached hydrogens (primary N) is 1. The lowest BCUT2D eigenvalue weighted by atomic mass is 9.73. The molecular weight excluding hydrogens is 189 g/mol. The van der Waals surface area contributed by atoms with Crippen LogP contribution >= 0.6 is 0 Å². The predicted molar refractivity (Wildman–Crippen MR) is 60.0 cm³/mol. The van der Waals surface area contributed by atoms with Crippen molar-refractivity contribution in [3.63, 3.8) is 0 Å². The van der Waals surface area contributed by atoms with Gasteiger partial charge < -0.3 is 5.73 Å². The average Bonchev–Trinajstić information content (AvgIpc) is 2.17. The van der Waals surface area contributed by atoms with Gasteiger partial charge in [-0.05, 0) is 36.4 Å². The van der Waals surface area contributed by atoms with Gasteiger partial charge in [0.05, 0.1) is 0 Å². The molecule has 0 saturated heterocycles. The van der Waals surface area contributed by atoms with Crippen molar-refractivity contribution in [1.29, 1.82) is 0 Å². The quantitative estimate of drug-likeness (QED) is 0.807. The largest absolute Gasteiger partial charge is 0.330 e. The fraction of sp³-hybridized carbons (Fsp3) is 0.538. The SMILES string of the molecule is NCC(Cc1ccccc1F)C1CCC1. The van der Waals surface area contributed by atoms with E-state index < -0.39 is 0 Å². The molecule has 1 nitrogen and oxygen atoms in total. The molecule has 1 aliphatic carbocycles. The van der Waals surface area contributed by atoms with Gasteiger partial charge in [-0.3, -0.25) is 0 Å². The van der Waals surface area contributed by atoms with Gasteiger partial charge in [0.25, 0.3) is 0 Å². The van der Waals surface area contributed by atoms with E-state index in [1.165, 1.54) is 25.3 Å². The summed E-state index contributed by atoms with van der Waals surface area (Å²) in [5.41, 5.74) is 6.58. The summed E-state index contributed by atoms with van der Waals surface area (Å²) < 4.78 is 13.4. The van der Waals surface area contributed by atoms with Crippen molar-refractivity contribution in [3.05, 3.63) is 35.6 Å². The Hall–Kier alpha value is -0.890. The number of rotatable bonds is 4. The third kappa shape index (κ3) is 2.37. The molecule has 1 aromatic carbocycles. The summed E-state index contributed by atoms with van der Waals surface area (Å²) >= 11 is 0. The molecule has 0 spiro atoms. The summed E-state index contributed by atoms with van der Waals surface area (Å²) in [5.74, 6) is 1.11. The third-order valence-corrected chi connectivity index (χ3v) is 3.56. The summed E-state index contributed by atoms with van der Waals surface area (Å²) in [5, 5.41) is 0. The zero-order valence-corrected chi connectivity index (χ0v) is 8.95. The fourth-order valence-electron chi connectivity index (χ4n) is 2.30. The highest BCUT2D eigenvalue weighted by Gasteiger charge is 2.26. The van der Waals surface area contributed by atoms with Crippen LogP contribution in [0.3, 0.4) is 0 Å². The monoisotopic (exact) mass is 207 g/mol. The van der Waals surface area contributed by atoms with Gasteiger partial charge in [0.15, 0.2) is 0 Å². The molecule has 1 saturated carbocycles. The zero-order chi connectivity index (χ0) is 10.7. The maximum Gasteiger partial charge on any atom is 0.126 e. The molecule has 1 fully saturated rings. The van der Waals surface area contributed by atoms with Gasteiger partial charge in [-0.2, -0.15) is 0 Å². The normalized spacial score (nSPS) is 18.5. The Kier molecular flexibility index (Phi) is 3.37. The van der Waals surface area contributed by atoms with Crippen molar-refractivity contribution in [2.45, 2.75) is 25.7 Å². The predicted octanol–water partition coefficient (Wildman–Crippen LogP) is 2.74. The molecule has 1 aromatic rings. The van der Waals surface area contributed by atoms with Gasteiger partial charge >= 0.3 is 0 Å². The number of hydrogen-bond acceptors (Lipinski definition) is 1. The Bertz CT molecular complexity index is 320.